The van der Waals surface area contributed by atoms with Gasteiger partial charge in [-0.25, -0.2) is 9.67 Å². The van der Waals surface area contributed by atoms with Gasteiger partial charge >= 0.3 is 11.9 Å². The van der Waals surface area contributed by atoms with Gasteiger partial charge in [-0.2, -0.15) is 0 Å². The van der Waals surface area contributed by atoms with Crippen LogP contribution in [-0.2, 0) is 23.8 Å². The highest BCUT2D eigenvalue weighted by molar-refractivity contribution is 7.11. The van der Waals surface area contributed by atoms with Crippen molar-refractivity contribution in [3.8, 4) is 16.6 Å². The largest absolute Gasteiger partial charge is 0.491 e. The van der Waals surface area contributed by atoms with Crippen LogP contribution in [-0.4, -0.2) is 55.8 Å². The minimum absolute atomic E-state index is 0.0697. The summed E-state index contributed by atoms with van der Waals surface area (Å²) in [4.78, 5) is 26.5. The van der Waals surface area contributed by atoms with Gasteiger partial charge in [0, 0.05) is 19.2 Å². The Bertz CT molecular complexity index is 832. The first-order valence-electron chi connectivity index (χ1n) is 7.63. The number of rotatable bonds is 5. The highest BCUT2D eigenvalue weighted by Gasteiger charge is 2.37. The number of carbonyl (C=O) groups is 2. The van der Waals surface area contributed by atoms with Crippen molar-refractivity contribution in [3.05, 3.63) is 23.9 Å². The molecule has 0 aromatic carbocycles. The Hall–Kier alpha value is -2.95. The predicted molar refractivity (Wildman–Crippen MR) is 88.0 cm³/mol. The van der Waals surface area contributed by atoms with E-state index in [-0.39, 0.29) is 11.8 Å². The normalized spacial score (nSPS) is 21.8. The molecule has 0 fully saturated rings. The summed E-state index contributed by atoms with van der Waals surface area (Å²) in [5.74, 6) is -0.968. The van der Waals surface area contributed by atoms with Crippen molar-refractivity contribution < 1.29 is 28.9 Å². The summed E-state index contributed by atoms with van der Waals surface area (Å²) in [5.41, 5.74) is 0.940. The van der Waals surface area contributed by atoms with Crippen molar-refractivity contribution in [2.45, 2.75) is 32.1 Å². The number of aromatic nitrogens is 4. The number of carbonyl (C=O) groups excluding carboxylic acids is 2. The molecule has 26 heavy (non-hydrogen) atoms. The molecule has 0 aliphatic carbocycles. The molecule has 3 rings (SSSR count). The first kappa shape index (κ1) is 17.9. The fourth-order valence-electron chi connectivity index (χ4n) is 2.46. The van der Waals surface area contributed by atoms with E-state index in [0.29, 0.717) is 11.4 Å². The van der Waals surface area contributed by atoms with Gasteiger partial charge in [0.1, 0.15) is 24.0 Å². The summed E-state index contributed by atoms with van der Waals surface area (Å²) < 4.78 is 17.3. The fourth-order valence-corrected chi connectivity index (χ4v) is 3.01. The maximum absolute atomic E-state index is 11.5. The summed E-state index contributed by atoms with van der Waals surface area (Å²) >= 11 is 1.08. The van der Waals surface area contributed by atoms with Crippen molar-refractivity contribution in [2.24, 2.45) is 0 Å². The van der Waals surface area contributed by atoms with Gasteiger partial charge in [0.25, 0.3) is 5.19 Å². The monoisotopic (exact) mass is 380 g/mol. The molecule has 0 bridgehead atoms. The van der Waals surface area contributed by atoms with E-state index in [1.54, 1.807) is 17.7 Å². The Kier molecular flexibility index (Phi) is 5.16. The number of esters is 2. The molecule has 2 unspecified atom stereocenters. The molecule has 2 aromatic heterocycles. The third kappa shape index (κ3) is 3.99. The van der Waals surface area contributed by atoms with Crippen LogP contribution in [0.5, 0.6) is 5.19 Å². The first-order chi connectivity index (χ1) is 12.4. The quantitative estimate of drug-likeness (QED) is 0.758. The number of ether oxygens (including phenoxy) is 3. The molecule has 1 aliphatic heterocycles. The highest BCUT2D eigenvalue weighted by atomic mass is 32.1. The summed E-state index contributed by atoms with van der Waals surface area (Å²) in [6.07, 6.45) is 3.27. The molecule has 0 amide bonds. The molecule has 3 atom stereocenters. The van der Waals surface area contributed by atoms with Crippen LogP contribution in [0.25, 0.3) is 11.4 Å². The van der Waals surface area contributed by atoms with Gasteiger partial charge in [-0.05, 0) is 6.08 Å². The van der Waals surface area contributed by atoms with E-state index in [1.807, 2.05) is 0 Å². The number of nitrogens with zero attached hydrogens (tertiary/aromatic N) is 4. The van der Waals surface area contributed by atoms with Gasteiger partial charge in [0.05, 0.1) is 12.5 Å². The van der Waals surface area contributed by atoms with Crippen LogP contribution in [0.2, 0.25) is 0 Å². The molecule has 1 aliphatic rings. The van der Waals surface area contributed by atoms with Gasteiger partial charge in [-0.15, -0.1) is 5.10 Å². The van der Waals surface area contributed by atoms with E-state index in [4.69, 9.17) is 14.2 Å². The average Bonchev–Trinajstić information content (AvgIpc) is 3.22. The standard InChI is InChI=1S/C15H16N4O6S/c1-8(20)24-6-13-14(25-9(2)21)12(3-4-23-13)19-5-10(17-18-19)11-7-26-15(22)16-11/h3-5,7,12-14H,6H2,1-2H3,(H,16,22)/t12?,13?,14-/m1/s1. The van der Waals surface area contributed by atoms with Crippen molar-refractivity contribution in [3.63, 3.8) is 0 Å². The average molecular weight is 380 g/mol. The third-order valence-corrected chi connectivity index (χ3v) is 4.20. The molecule has 0 saturated carbocycles. The van der Waals surface area contributed by atoms with Crippen LogP contribution in [0.1, 0.15) is 19.9 Å². The molecule has 0 spiro atoms. The molecule has 2 aromatic rings. The Morgan fingerprint density at radius 2 is 2.15 bits per heavy atom. The van der Waals surface area contributed by atoms with Crippen molar-refractivity contribution in [1.29, 1.82) is 0 Å². The second-order valence-corrected chi connectivity index (χ2v) is 6.31. The molecule has 0 radical (unpaired) electrons. The van der Waals surface area contributed by atoms with E-state index < -0.39 is 30.2 Å². The molecule has 3 heterocycles. The topological polar surface area (TPSA) is 126 Å². The second-order valence-electron chi connectivity index (χ2n) is 5.47. The van der Waals surface area contributed by atoms with Gasteiger partial charge in [-0.3, -0.25) is 9.59 Å². The van der Waals surface area contributed by atoms with Crippen molar-refractivity contribution in [1.82, 2.24) is 20.0 Å². The number of hydrogen-bond acceptors (Lipinski definition) is 10. The van der Waals surface area contributed by atoms with Crippen LogP contribution in [0.4, 0.5) is 0 Å². The van der Waals surface area contributed by atoms with E-state index in [2.05, 4.69) is 15.3 Å². The van der Waals surface area contributed by atoms with E-state index in [1.165, 1.54) is 24.8 Å². The lowest BCUT2D eigenvalue weighted by Crippen LogP contribution is -2.44. The lowest BCUT2D eigenvalue weighted by atomic mass is 10.0. The Morgan fingerprint density at radius 3 is 2.81 bits per heavy atom. The summed E-state index contributed by atoms with van der Waals surface area (Å²) in [6, 6.07) is -0.512. The second kappa shape index (κ2) is 7.52. The zero-order valence-corrected chi connectivity index (χ0v) is 14.8. The Labute approximate surface area is 152 Å². The molecule has 11 heteroatoms. The van der Waals surface area contributed by atoms with Gasteiger partial charge < -0.3 is 19.3 Å². The Morgan fingerprint density at radius 1 is 1.35 bits per heavy atom. The van der Waals surface area contributed by atoms with E-state index in [0.717, 1.165) is 11.3 Å². The maximum Gasteiger partial charge on any atom is 0.303 e. The predicted octanol–water partition coefficient (Wildman–Crippen LogP) is 1.06. The molecule has 138 valence electrons. The van der Waals surface area contributed by atoms with Gasteiger partial charge in [0.15, 0.2) is 12.2 Å². The van der Waals surface area contributed by atoms with Crippen molar-refractivity contribution >= 4 is 23.3 Å². The first-order valence-corrected chi connectivity index (χ1v) is 8.51. The minimum atomic E-state index is -0.768. The minimum Gasteiger partial charge on any atom is -0.491 e. The summed E-state index contributed by atoms with van der Waals surface area (Å²) in [6.45, 7) is 2.49. The SMILES string of the molecule is CC(=O)OCC1OC=CC(n2cc(-c3csc(O)n3)nn2)[C@H]1OC(C)=O. The molecular weight excluding hydrogens is 364 g/mol. The highest BCUT2D eigenvalue weighted by Crippen LogP contribution is 2.28. The van der Waals surface area contributed by atoms with Gasteiger partial charge in [-0.1, -0.05) is 16.6 Å². The molecule has 1 N–H and O–H groups in total. The molecule has 10 nitrogen and oxygen atoms in total. The summed E-state index contributed by atoms with van der Waals surface area (Å²) in [7, 11) is 0. The van der Waals surface area contributed by atoms with E-state index in [9.17, 15) is 14.7 Å². The number of thiazole rings is 1. The summed E-state index contributed by atoms with van der Waals surface area (Å²) in [5, 5.41) is 19.0. The molecular formula is C15H16N4O6S. The third-order valence-electron chi connectivity index (χ3n) is 3.56. The number of aromatic hydroxyl groups is 1. The zero-order chi connectivity index (χ0) is 18.7. The van der Waals surface area contributed by atoms with Crippen LogP contribution in [0, 0.1) is 0 Å². The number of hydrogen-bond donors (Lipinski definition) is 1. The lowest BCUT2D eigenvalue weighted by Gasteiger charge is -2.33. The molecule has 0 saturated heterocycles. The zero-order valence-electron chi connectivity index (χ0n) is 13.9. The Balaban J connectivity index is 1.85. The van der Waals surface area contributed by atoms with Crippen LogP contribution in [0.15, 0.2) is 23.9 Å². The fraction of sp³-hybridized carbons (Fsp3) is 0.400. The van der Waals surface area contributed by atoms with Gasteiger partial charge in [0.2, 0.25) is 0 Å². The van der Waals surface area contributed by atoms with Crippen LogP contribution < -0.4 is 0 Å². The van der Waals surface area contributed by atoms with Crippen LogP contribution in [0.3, 0.4) is 0 Å². The van der Waals surface area contributed by atoms with E-state index >= 15 is 0 Å². The van der Waals surface area contributed by atoms with Crippen LogP contribution >= 0.6 is 11.3 Å². The smallest absolute Gasteiger partial charge is 0.303 e. The maximum atomic E-state index is 11.5. The van der Waals surface area contributed by atoms with Crippen molar-refractivity contribution in [2.75, 3.05) is 6.61 Å². The lowest BCUT2D eigenvalue weighted by molar-refractivity contribution is -0.163.